The number of ether oxygens (including phenoxy) is 1. The monoisotopic (exact) mass is 346 g/mol. The molecule has 0 saturated carbocycles. The molecular formula is C17H18N2O4S. The van der Waals surface area contributed by atoms with Crippen LogP contribution >= 0.6 is 0 Å². The summed E-state index contributed by atoms with van der Waals surface area (Å²) in [6.07, 6.45) is 1.36. The highest BCUT2D eigenvalue weighted by molar-refractivity contribution is 7.89. The Morgan fingerprint density at radius 2 is 1.75 bits per heavy atom. The molecule has 24 heavy (non-hydrogen) atoms. The van der Waals surface area contributed by atoms with Crippen molar-refractivity contribution in [2.75, 3.05) is 6.61 Å². The molecule has 0 saturated heterocycles. The number of sulfonamides is 1. The molecule has 6 nitrogen and oxygen atoms in total. The Morgan fingerprint density at radius 1 is 1.12 bits per heavy atom. The van der Waals surface area contributed by atoms with E-state index in [1.807, 2.05) is 6.92 Å². The van der Waals surface area contributed by atoms with E-state index in [9.17, 15) is 13.2 Å². The molecule has 0 atom stereocenters. The molecule has 7 heteroatoms. The molecule has 126 valence electrons. The lowest BCUT2D eigenvalue weighted by Gasteiger charge is -2.04. The number of hydrazone groups is 1. The van der Waals surface area contributed by atoms with Crippen LogP contribution in [0.25, 0.3) is 0 Å². The standard InChI is InChI=1S/C17H18N2O4S/c1-3-23-17(20)15-8-6-14(7-9-15)12-18-19-24(21,22)16-10-4-13(2)5-11-16/h4-12,19H,3H2,1-2H3/b18-12-. The molecule has 0 bridgehead atoms. The van der Waals surface area contributed by atoms with Gasteiger partial charge in [-0.25, -0.2) is 9.63 Å². The van der Waals surface area contributed by atoms with Gasteiger partial charge in [0.1, 0.15) is 0 Å². The van der Waals surface area contributed by atoms with E-state index in [1.165, 1.54) is 18.3 Å². The van der Waals surface area contributed by atoms with Gasteiger partial charge >= 0.3 is 5.97 Å². The van der Waals surface area contributed by atoms with Gasteiger partial charge in [-0.2, -0.15) is 13.5 Å². The number of nitrogens with one attached hydrogen (secondary N) is 1. The zero-order chi connectivity index (χ0) is 17.6. The van der Waals surface area contributed by atoms with Crippen LogP contribution in [0.4, 0.5) is 0 Å². The molecule has 0 aliphatic heterocycles. The van der Waals surface area contributed by atoms with Gasteiger partial charge in [-0.05, 0) is 43.7 Å². The minimum atomic E-state index is -3.70. The molecule has 0 aliphatic carbocycles. The average molecular weight is 346 g/mol. The molecule has 0 aliphatic rings. The summed E-state index contributed by atoms with van der Waals surface area (Å²) in [7, 11) is -3.70. The quantitative estimate of drug-likeness (QED) is 0.495. The molecular weight excluding hydrogens is 328 g/mol. The molecule has 2 aromatic rings. The summed E-state index contributed by atoms with van der Waals surface area (Å²) < 4.78 is 29.0. The Labute approximate surface area is 141 Å². The van der Waals surface area contributed by atoms with Crippen molar-refractivity contribution in [3.8, 4) is 0 Å². The van der Waals surface area contributed by atoms with E-state index < -0.39 is 16.0 Å². The third-order valence-corrected chi connectivity index (χ3v) is 4.38. The van der Waals surface area contributed by atoms with Crippen molar-refractivity contribution in [1.82, 2.24) is 4.83 Å². The van der Waals surface area contributed by atoms with Crippen LogP contribution in [-0.2, 0) is 14.8 Å². The molecule has 0 fully saturated rings. The smallest absolute Gasteiger partial charge is 0.338 e. The molecule has 0 spiro atoms. The van der Waals surface area contributed by atoms with Crippen molar-refractivity contribution < 1.29 is 17.9 Å². The van der Waals surface area contributed by atoms with Gasteiger partial charge in [0.15, 0.2) is 0 Å². The first-order valence-corrected chi connectivity index (χ1v) is 8.79. The number of nitrogens with zero attached hydrogens (tertiary/aromatic N) is 1. The molecule has 0 aromatic heterocycles. The van der Waals surface area contributed by atoms with Crippen LogP contribution in [0.5, 0.6) is 0 Å². The van der Waals surface area contributed by atoms with E-state index >= 15 is 0 Å². The molecule has 1 N–H and O–H groups in total. The van der Waals surface area contributed by atoms with E-state index in [2.05, 4.69) is 9.93 Å². The first kappa shape index (κ1) is 17.7. The van der Waals surface area contributed by atoms with Crippen LogP contribution in [0, 0.1) is 6.92 Å². The molecule has 0 unspecified atom stereocenters. The summed E-state index contributed by atoms with van der Waals surface area (Å²) in [4.78, 5) is 13.8. The van der Waals surface area contributed by atoms with E-state index in [4.69, 9.17) is 4.74 Å². The van der Waals surface area contributed by atoms with Crippen LogP contribution in [0.3, 0.4) is 0 Å². The topological polar surface area (TPSA) is 84.8 Å². The van der Waals surface area contributed by atoms with E-state index in [0.717, 1.165) is 5.56 Å². The number of benzene rings is 2. The second kappa shape index (κ2) is 7.74. The molecule has 2 aromatic carbocycles. The summed E-state index contributed by atoms with van der Waals surface area (Å²) >= 11 is 0. The summed E-state index contributed by atoms with van der Waals surface area (Å²) in [5.74, 6) is -0.402. The minimum Gasteiger partial charge on any atom is -0.462 e. The lowest BCUT2D eigenvalue weighted by molar-refractivity contribution is 0.0526. The Kier molecular flexibility index (Phi) is 5.70. The number of esters is 1. The van der Waals surface area contributed by atoms with Gasteiger partial charge < -0.3 is 4.74 Å². The molecule has 0 heterocycles. The van der Waals surface area contributed by atoms with Crippen LogP contribution in [-0.4, -0.2) is 27.2 Å². The van der Waals surface area contributed by atoms with Gasteiger partial charge in [0.25, 0.3) is 10.0 Å². The zero-order valence-corrected chi connectivity index (χ0v) is 14.2. The fraction of sp³-hybridized carbons (Fsp3) is 0.176. The fourth-order valence-corrected chi connectivity index (χ4v) is 2.65. The number of hydrogen-bond donors (Lipinski definition) is 1. The van der Waals surface area contributed by atoms with Crippen molar-refractivity contribution >= 4 is 22.2 Å². The summed E-state index contributed by atoms with van der Waals surface area (Å²) in [6, 6.07) is 12.9. The number of carbonyl (C=O) groups excluding carboxylic acids is 1. The molecule has 2 rings (SSSR count). The summed E-state index contributed by atoms with van der Waals surface area (Å²) in [6.45, 7) is 3.92. The largest absolute Gasteiger partial charge is 0.462 e. The van der Waals surface area contributed by atoms with Crippen molar-refractivity contribution in [1.29, 1.82) is 0 Å². The van der Waals surface area contributed by atoms with Gasteiger partial charge in [-0.1, -0.05) is 29.8 Å². The Hall–Kier alpha value is -2.67. The normalized spacial score (nSPS) is 11.4. The van der Waals surface area contributed by atoms with Crippen molar-refractivity contribution in [3.05, 3.63) is 65.2 Å². The highest BCUT2D eigenvalue weighted by atomic mass is 32.2. The SMILES string of the molecule is CCOC(=O)c1ccc(/C=N\NS(=O)(=O)c2ccc(C)cc2)cc1. The Bertz CT molecular complexity index is 826. The first-order chi connectivity index (χ1) is 11.4. The van der Waals surface area contributed by atoms with Crippen LogP contribution in [0.2, 0.25) is 0 Å². The third kappa shape index (κ3) is 4.66. The van der Waals surface area contributed by atoms with Gasteiger partial charge in [0.05, 0.1) is 23.3 Å². The van der Waals surface area contributed by atoms with Crippen LogP contribution in [0.1, 0.15) is 28.4 Å². The highest BCUT2D eigenvalue weighted by Gasteiger charge is 2.11. The fourth-order valence-electron chi connectivity index (χ4n) is 1.86. The van der Waals surface area contributed by atoms with E-state index in [1.54, 1.807) is 43.3 Å². The average Bonchev–Trinajstić information content (AvgIpc) is 2.56. The van der Waals surface area contributed by atoms with E-state index in [0.29, 0.717) is 17.7 Å². The van der Waals surface area contributed by atoms with Gasteiger partial charge in [-0.3, -0.25) is 0 Å². The first-order valence-electron chi connectivity index (χ1n) is 7.31. The lowest BCUT2D eigenvalue weighted by atomic mass is 10.1. The Morgan fingerprint density at radius 3 is 2.33 bits per heavy atom. The predicted octanol–water partition coefficient (Wildman–Crippen LogP) is 2.48. The maximum Gasteiger partial charge on any atom is 0.338 e. The highest BCUT2D eigenvalue weighted by Crippen LogP contribution is 2.10. The number of hydrogen-bond acceptors (Lipinski definition) is 5. The Balaban J connectivity index is 2.03. The number of carbonyl (C=O) groups is 1. The van der Waals surface area contributed by atoms with Gasteiger partial charge in [-0.15, -0.1) is 0 Å². The minimum absolute atomic E-state index is 0.142. The molecule has 0 amide bonds. The maximum atomic E-state index is 12.1. The van der Waals surface area contributed by atoms with Crippen molar-refractivity contribution in [2.24, 2.45) is 5.10 Å². The maximum absolute atomic E-state index is 12.1. The van der Waals surface area contributed by atoms with Crippen LogP contribution < -0.4 is 4.83 Å². The van der Waals surface area contributed by atoms with Gasteiger partial charge in [0, 0.05) is 0 Å². The number of rotatable bonds is 6. The second-order valence-electron chi connectivity index (χ2n) is 5.01. The van der Waals surface area contributed by atoms with Gasteiger partial charge in [0.2, 0.25) is 0 Å². The second-order valence-corrected chi connectivity index (χ2v) is 6.67. The summed E-state index contributed by atoms with van der Waals surface area (Å²) in [5, 5.41) is 3.74. The third-order valence-electron chi connectivity index (χ3n) is 3.14. The van der Waals surface area contributed by atoms with Crippen molar-refractivity contribution in [2.45, 2.75) is 18.7 Å². The lowest BCUT2D eigenvalue weighted by Crippen LogP contribution is -2.18. The van der Waals surface area contributed by atoms with E-state index in [-0.39, 0.29) is 4.90 Å². The summed E-state index contributed by atoms with van der Waals surface area (Å²) in [5.41, 5.74) is 2.04. The zero-order valence-electron chi connectivity index (χ0n) is 13.4. The molecule has 0 radical (unpaired) electrons. The predicted molar refractivity (Wildman–Crippen MR) is 91.5 cm³/mol. The number of aryl methyl sites for hydroxylation is 1. The van der Waals surface area contributed by atoms with Crippen molar-refractivity contribution in [3.63, 3.8) is 0 Å². The van der Waals surface area contributed by atoms with Crippen LogP contribution in [0.15, 0.2) is 58.5 Å².